The number of benzene rings is 2. The van der Waals surface area contributed by atoms with Crippen molar-refractivity contribution in [2.24, 2.45) is 5.92 Å². The Morgan fingerprint density at radius 1 is 0.934 bits per heavy atom. The molecule has 17 heteroatoms. The first-order valence-electron chi connectivity index (χ1n) is 21.1. The van der Waals surface area contributed by atoms with Crippen LogP contribution in [0.4, 0.5) is 10.1 Å². The molecule has 2 aromatic carbocycles. The number of thiophene rings is 1. The lowest BCUT2D eigenvalue weighted by Crippen LogP contribution is -2.58. The number of imide groups is 2. The SMILES string of the molecule is Cc1sc2c(c1C)[C@H](c1ccc(Cl)cc1)NC(CC(=O)N1CCC(CN3CC(C)N(c4cc5c(cc4F)C(=O)N(C4CCC(=O)NC4=O)C5=O)C(C)C3)CC1)c1nnc(C)n1-2. The summed E-state index contributed by atoms with van der Waals surface area (Å²) < 4.78 is 18.0. The van der Waals surface area contributed by atoms with Crippen molar-refractivity contribution in [3.8, 4) is 5.00 Å². The number of fused-ring (bicyclic) bond motifs is 4. The predicted octanol–water partition coefficient (Wildman–Crippen LogP) is 5.41. The van der Waals surface area contributed by atoms with Crippen LogP contribution in [0.2, 0.25) is 5.02 Å². The van der Waals surface area contributed by atoms with E-state index < -0.39 is 35.5 Å². The molecule has 61 heavy (non-hydrogen) atoms. The van der Waals surface area contributed by atoms with Gasteiger partial charge in [0.05, 0.1) is 28.9 Å². The molecule has 14 nitrogen and oxygen atoms in total. The Morgan fingerprint density at radius 2 is 1.61 bits per heavy atom. The van der Waals surface area contributed by atoms with Gasteiger partial charge in [0.1, 0.15) is 22.7 Å². The summed E-state index contributed by atoms with van der Waals surface area (Å²) in [5.41, 5.74) is 3.66. The molecule has 0 spiro atoms. The molecular formula is C44H49ClFN9O5S. The molecule has 320 valence electrons. The number of hydrogen-bond donors (Lipinski definition) is 2. The largest absolute Gasteiger partial charge is 0.361 e. The highest BCUT2D eigenvalue weighted by atomic mass is 35.5. The molecule has 4 unspecified atom stereocenters. The second-order valence-corrected chi connectivity index (χ2v) is 18.9. The Labute approximate surface area is 362 Å². The van der Waals surface area contributed by atoms with Crippen molar-refractivity contribution < 1.29 is 28.4 Å². The molecule has 3 fully saturated rings. The lowest BCUT2D eigenvalue weighted by Gasteiger charge is -2.47. The molecule has 0 radical (unpaired) electrons. The van der Waals surface area contributed by atoms with Crippen molar-refractivity contribution in [2.45, 2.75) is 96.9 Å². The molecule has 0 saturated carbocycles. The summed E-state index contributed by atoms with van der Waals surface area (Å²) in [5.74, 6) is -1.19. The van der Waals surface area contributed by atoms with Gasteiger partial charge in [0, 0.05) is 73.1 Å². The van der Waals surface area contributed by atoms with Crippen LogP contribution in [0.3, 0.4) is 0 Å². The van der Waals surface area contributed by atoms with Crippen LogP contribution in [0, 0.1) is 32.5 Å². The number of aryl methyl sites for hydroxylation is 2. The fourth-order valence-electron chi connectivity index (χ4n) is 10.2. The number of rotatable bonds is 7. The van der Waals surface area contributed by atoms with E-state index in [9.17, 15) is 24.0 Å². The molecular weight excluding hydrogens is 821 g/mol. The number of amides is 5. The third-order valence-electron chi connectivity index (χ3n) is 13.3. The van der Waals surface area contributed by atoms with Crippen molar-refractivity contribution in [1.82, 2.24) is 40.1 Å². The van der Waals surface area contributed by atoms with E-state index in [4.69, 9.17) is 11.6 Å². The van der Waals surface area contributed by atoms with Gasteiger partial charge in [-0.3, -0.25) is 49.0 Å². The second kappa shape index (κ2) is 16.0. The summed E-state index contributed by atoms with van der Waals surface area (Å²) in [5, 5.41) is 16.8. The first-order valence-corrected chi connectivity index (χ1v) is 22.2. The highest BCUT2D eigenvalue weighted by Gasteiger charge is 2.46. The van der Waals surface area contributed by atoms with Crippen molar-refractivity contribution in [1.29, 1.82) is 0 Å². The zero-order valence-corrected chi connectivity index (χ0v) is 36.4. The van der Waals surface area contributed by atoms with Crippen molar-refractivity contribution in [3.63, 3.8) is 0 Å². The molecule has 0 bridgehead atoms. The van der Waals surface area contributed by atoms with E-state index in [-0.39, 0.29) is 66.2 Å². The van der Waals surface area contributed by atoms with Gasteiger partial charge in [0.25, 0.3) is 11.8 Å². The summed E-state index contributed by atoms with van der Waals surface area (Å²) in [6.45, 7) is 13.8. The molecule has 5 aliphatic heterocycles. The first kappa shape index (κ1) is 41.3. The van der Waals surface area contributed by atoms with Gasteiger partial charge in [-0.1, -0.05) is 23.7 Å². The Kier molecular flexibility index (Phi) is 10.9. The molecule has 4 aromatic rings. The quantitative estimate of drug-likeness (QED) is 0.231. The molecule has 5 aliphatic rings. The smallest absolute Gasteiger partial charge is 0.262 e. The van der Waals surface area contributed by atoms with Gasteiger partial charge in [-0.15, -0.1) is 21.5 Å². The van der Waals surface area contributed by atoms with Crippen molar-refractivity contribution >= 4 is 58.2 Å². The number of hydrogen-bond acceptors (Lipinski definition) is 11. The summed E-state index contributed by atoms with van der Waals surface area (Å²) in [4.78, 5) is 73.6. The van der Waals surface area contributed by atoms with Gasteiger partial charge < -0.3 is 9.80 Å². The minimum atomic E-state index is -1.12. The molecule has 5 amide bonds. The zero-order valence-electron chi connectivity index (χ0n) is 34.8. The highest BCUT2D eigenvalue weighted by molar-refractivity contribution is 7.14. The third-order valence-corrected chi connectivity index (χ3v) is 14.7. The van der Waals surface area contributed by atoms with Crippen molar-refractivity contribution in [2.75, 3.05) is 37.6 Å². The number of nitrogens with zero attached hydrogens (tertiary/aromatic N) is 7. The summed E-state index contributed by atoms with van der Waals surface area (Å²) in [6.07, 6.45) is 2.01. The fraction of sp³-hybridized carbons (Fsp3) is 0.477. The highest BCUT2D eigenvalue weighted by Crippen LogP contribution is 2.44. The molecule has 0 aliphatic carbocycles. The van der Waals surface area contributed by atoms with E-state index in [1.54, 1.807) is 11.3 Å². The number of carbonyl (C=O) groups excluding carboxylic acids is 5. The Bertz CT molecular complexity index is 2450. The van der Waals surface area contributed by atoms with Crippen LogP contribution < -0.4 is 15.5 Å². The van der Waals surface area contributed by atoms with E-state index in [2.05, 4.69) is 44.1 Å². The zero-order chi connectivity index (χ0) is 43.0. The monoisotopic (exact) mass is 869 g/mol. The van der Waals surface area contributed by atoms with E-state index >= 15 is 4.39 Å². The number of nitrogens with one attached hydrogen (secondary N) is 2. The Hall–Kier alpha value is -5.03. The Morgan fingerprint density at radius 3 is 2.28 bits per heavy atom. The fourth-order valence-corrected chi connectivity index (χ4v) is 11.6. The van der Waals surface area contributed by atoms with Gasteiger partial charge in [-0.05, 0) is 95.2 Å². The third kappa shape index (κ3) is 7.34. The normalized spacial score (nSPS) is 24.8. The van der Waals surface area contributed by atoms with Crippen LogP contribution in [-0.2, 0) is 14.4 Å². The van der Waals surface area contributed by atoms with Crippen LogP contribution in [0.25, 0.3) is 5.00 Å². The molecule has 9 rings (SSSR count). The average Bonchev–Trinajstić information content (AvgIpc) is 3.78. The number of halogens is 2. The second-order valence-electron chi connectivity index (χ2n) is 17.3. The Balaban J connectivity index is 0.836. The van der Waals surface area contributed by atoms with Crippen LogP contribution in [0.1, 0.15) is 112 Å². The average molecular weight is 870 g/mol. The maximum absolute atomic E-state index is 15.9. The standard InChI is InChI=1S/C44H49ClFN9O5S/c1-22-19-51(20-23(2)53(22)35-17-31-30(16-32(35)46)42(59)55(43(31)60)34-10-11-36(56)48-41(34)58)21-27-12-14-52(15-13-27)37(57)18-33-40-50-49-26(5)54(40)44-38(24(3)25(4)61-44)39(47-33)28-6-8-29(45)9-7-28/h6-9,16-17,22-23,27,33-34,39,47H,10-15,18-21H2,1-5H3,(H,48,56,58)/t22?,23?,33?,34?,39-/m0/s1. The summed E-state index contributed by atoms with van der Waals surface area (Å²) in [7, 11) is 0. The van der Waals surface area contributed by atoms with E-state index in [1.807, 2.05) is 54.8 Å². The molecule has 2 aromatic heterocycles. The van der Waals surface area contributed by atoms with Crippen LogP contribution >= 0.6 is 22.9 Å². The predicted molar refractivity (Wildman–Crippen MR) is 227 cm³/mol. The van der Waals surface area contributed by atoms with Crippen LogP contribution in [0.15, 0.2) is 36.4 Å². The minimum Gasteiger partial charge on any atom is -0.361 e. The maximum Gasteiger partial charge on any atom is 0.262 e. The number of anilines is 1. The topological polar surface area (TPSA) is 153 Å². The van der Waals surface area contributed by atoms with Gasteiger partial charge in [-0.25, -0.2) is 4.39 Å². The molecule has 5 atom stereocenters. The van der Waals surface area contributed by atoms with E-state index in [0.717, 1.165) is 58.1 Å². The number of piperidine rings is 2. The van der Waals surface area contributed by atoms with Crippen LogP contribution in [-0.4, -0.2) is 110 Å². The number of piperazine rings is 1. The summed E-state index contributed by atoms with van der Waals surface area (Å²) >= 11 is 8.02. The van der Waals surface area contributed by atoms with Gasteiger partial charge >= 0.3 is 0 Å². The number of aromatic nitrogens is 3. The molecule has 2 N–H and O–H groups in total. The number of carbonyl (C=O) groups is 5. The van der Waals surface area contributed by atoms with E-state index in [0.29, 0.717) is 37.1 Å². The van der Waals surface area contributed by atoms with Crippen LogP contribution in [0.5, 0.6) is 0 Å². The molecule has 7 heterocycles. The number of likely N-dealkylation sites (tertiary alicyclic amines) is 1. The minimum absolute atomic E-state index is 0.00693. The van der Waals surface area contributed by atoms with E-state index in [1.165, 1.54) is 16.5 Å². The summed E-state index contributed by atoms with van der Waals surface area (Å²) in [6, 6.07) is 8.55. The van der Waals surface area contributed by atoms with Gasteiger partial charge in [0.2, 0.25) is 17.7 Å². The lowest BCUT2D eigenvalue weighted by atomic mass is 9.94. The van der Waals surface area contributed by atoms with Crippen molar-refractivity contribution in [3.05, 3.63) is 91.6 Å². The lowest BCUT2D eigenvalue weighted by molar-refractivity contribution is -0.136. The van der Waals surface area contributed by atoms with Gasteiger partial charge in [0.15, 0.2) is 5.82 Å². The maximum atomic E-state index is 15.9. The van der Waals surface area contributed by atoms with Gasteiger partial charge in [-0.2, -0.15) is 0 Å². The first-order chi connectivity index (χ1) is 29.2. The molecule has 3 saturated heterocycles.